The molecular weight excluding hydrogens is 461 g/mol. The van der Waals surface area contributed by atoms with Crippen molar-refractivity contribution >= 4 is 44.8 Å². The van der Waals surface area contributed by atoms with Crippen LogP contribution in [0, 0.1) is 6.92 Å². The molecule has 2 heterocycles. The molecule has 5 rings (SSSR count). The van der Waals surface area contributed by atoms with Crippen LogP contribution >= 0.6 is 11.6 Å². The molecule has 0 bridgehead atoms. The van der Waals surface area contributed by atoms with Gasteiger partial charge >= 0.3 is 6.18 Å². The molecule has 0 amide bonds. The van der Waals surface area contributed by atoms with Crippen molar-refractivity contribution in [3.63, 3.8) is 0 Å². The van der Waals surface area contributed by atoms with Gasteiger partial charge < -0.3 is 10.6 Å². The van der Waals surface area contributed by atoms with Gasteiger partial charge in [-0.2, -0.15) is 13.2 Å². The molecule has 4 aromatic rings. The Labute approximate surface area is 200 Å². The first-order chi connectivity index (χ1) is 16.3. The molecular formula is C26H24ClF3N4. The zero-order valence-electron chi connectivity index (χ0n) is 18.6. The summed E-state index contributed by atoms with van der Waals surface area (Å²) in [5, 5.41) is 9.40. The van der Waals surface area contributed by atoms with Crippen molar-refractivity contribution in [2.75, 3.05) is 10.6 Å². The van der Waals surface area contributed by atoms with Crippen LogP contribution < -0.4 is 10.6 Å². The fourth-order valence-corrected chi connectivity index (χ4v) is 4.84. The van der Waals surface area contributed by atoms with Crippen molar-refractivity contribution in [1.29, 1.82) is 0 Å². The van der Waals surface area contributed by atoms with Gasteiger partial charge in [-0.05, 0) is 75.1 Å². The summed E-state index contributed by atoms with van der Waals surface area (Å²) < 4.78 is 40.3. The van der Waals surface area contributed by atoms with E-state index < -0.39 is 11.9 Å². The van der Waals surface area contributed by atoms with Crippen LogP contribution in [-0.2, 0) is 6.18 Å². The second-order valence-electron chi connectivity index (χ2n) is 8.93. The smallest absolute Gasteiger partial charge is 0.382 e. The number of anilines is 2. The first kappa shape index (κ1) is 22.7. The van der Waals surface area contributed by atoms with E-state index in [1.54, 1.807) is 18.3 Å². The third kappa shape index (κ3) is 4.75. The average Bonchev–Trinajstić information content (AvgIpc) is 2.80. The Morgan fingerprint density at radius 3 is 2.24 bits per heavy atom. The van der Waals surface area contributed by atoms with Crippen LogP contribution in [0.4, 0.5) is 24.5 Å². The topological polar surface area (TPSA) is 49.8 Å². The molecule has 8 heteroatoms. The molecule has 0 aliphatic heterocycles. The summed E-state index contributed by atoms with van der Waals surface area (Å²) in [6.07, 6.45) is 0.789. The van der Waals surface area contributed by atoms with E-state index in [0.29, 0.717) is 16.2 Å². The summed E-state index contributed by atoms with van der Waals surface area (Å²) in [6.45, 7) is 1.93. The zero-order valence-corrected chi connectivity index (χ0v) is 19.3. The first-order valence-electron chi connectivity index (χ1n) is 11.3. The zero-order chi connectivity index (χ0) is 23.9. The number of aryl methyl sites for hydroxylation is 1. The molecule has 0 radical (unpaired) electrons. The van der Waals surface area contributed by atoms with Gasteiger partial charge in [-0.3, -0.25) is 4.98 Å². The molecule has 1 saturated carbocycles. The number of pyridine rings is 2. The van der Waals surface area contributed by atoms with E-state index in [-0.39, 0.29) is 12.1 Å². The lowest BCUT2D eigenvalue weighted by atomic mass is 9.90. The molecule has 0 saturated heterocycles. The predicted molar refractivity (Wildman–Crippen MR) is 132 cm³/mol. The average molecular weight is 485 g/mol. The third-order valence-corrected chi connectivity index (χ3v) is 6.64. The van der Waals surface area contributed by atoms with Crippen LogP contribution in [-0.4, -0.2) is 22.1 Å². The van der Waals surface area contributed by atoms with Gasteiger partial charge in [0.1, 0.15) is 5.69 Å². The van der Waals surface area contributed by atoms with Crippen LogP contribution in [0.2, 0.25) is 5.02 Å². The van der Waals surface area contributed by atoms with Crippen LogP contribution in [0.15, 0.2) is 54.7 Å². The Morgan fingerprint density at radius 1 is 0.824 bits per heavy atom. The molecule has 2 aromatic carbocycles. The van der Waals surface area contributed by atoms with Crippen LogP contribution in [0.5, 0.6) is 0 Å². The number of benzene rings is 2. The van der Waals surface area contributed by atoms with Gasteiger partial charge in [-0.1, -0.05) is 23.2 Å². The van der Waals surface area contributed by atoms with E-state index in [9.17, 15) is 13.2 Å². The maximum Gasteiger partial charge on any atom is 0.433 e. The lowest BCUT2D eigenvalue weighted by Gasteiger charge is -2.31. The third-order valence-electron chi connectivity index (χ3n) is 6.41. The number of rotatable bonds is 4. The minimum atomic E-state index is -4.49. The maximum atomic E-state index is 13.4. The molecule has 0 unspecified atom stereocenters. The Bertz CT molecular complexity index is 1350. The van der Waals surface area contributed by atoms with Gasteiger partial charge in [0.05, 0.1) is 11.0 Å². The van der Waals surface area contributed by atoms with E-state index in [2.05, 4.69) is 20.6 Å². The largest absolute Gasteiger partial charge is 0.433 e. The van der Waals surface area contributed by atoms with Crippen molar-refractivity contribution in [2.24, 2.45) is 0 Å². The summed E-state index contributed by atoms with van der Waals surface area (Å²) in [4.78, 5) is 8.23. The summed E-state index contributed by atoms with van der Waals surface area (Å²) in [6, 6.07) is 14.5. The lowest BCUT2D eigenvalue weighted by Crippen LogP contribution is -2.32. The number of halogens is 4. The SMILES string of the molecule is Cc1ccc2nc(C(F)(F)F)cc(N[C@H]3CC[C@@H](Nc4ccnc5cc(Cl)ccc45)CC3)c2c1. The van der Waals surface area contributed by atoms with Gasteiger partial charge in [-0.15, -0.1) is 0 Å². The van der Waals surface area contributed by atoms with Gasteiger partial charge in [0, 0.05) is 45.5 Å². The minimum absolute atomic E-state index is 0.0956. The van der Waals surface area contributed by atoms with Gasteiger partial charge in [0.15, 0.2) is 0 Å². The van der Waals surface area contributed by atoms with E-state index in [4.69, 9.17) is 11.6 Å². The summed E-state index contributed by atoms with van der Waals surface area (Å²) >= 11 is 6.09. The highest BCUT2D eigenvalue weighted by Crippen LogP contribution is 2.35. The minimum Gasteiger partial charge on any atom is -0.382 e. The Balaban J connectivity index is 1.31. The van der Waals surface area contributed by atoms with Crippen LogP contribution in [0.3, 0.4) is 0 Å². The molecule has 2 aromatic heterocycles. The van der Waals surface area contributed by atoms with Gasteiger partial charge in [0.2, 0.25) is 0 Å². The van der Waals surface area contributed by atoms with Crippen molar-refractivity contribution in [3.8, 4) is 0 Å². The Morgan fingerprint density at radius 2 is 1.53 bits per heavy atom. The van der Waals surface area contributed by atoms with Crippen LogP contribution in [0.1, 0.15) is 36.9 Å². The van der Waals surface area contributed by atoms with E-state index >= 15 is 0 Å². The van der Waals surface area contributed by atoms with Gasteiger partial charge in [-0.25, -0.2) is 4.98 Å². The van der Waals surface area contributed by atoms with E-state index in [1.165, 1.54) is 0 Å². The summed E-state index contributed by atoms with van der Waals surface area (Å²) in [7, 11) is 0. The number of alkyl halides is 3. The molecule has 34 heavy (non-hydrogen) atoms. The maximum absolute atomic E-state index is 13.4. The molecule has 1 aliphatic carbocycles. The molecule has 176 valence electrons. The van der Waals surface area contributed by atoms with E-state index in [1.807, 2.05) is 37.3 Å². The molecule has 2 N–H and O–H groups in total. The second-order valence-corrected chi connectivity index (χ2v) is 9.37. The molecule has 1 fully saturated rings. The van der Waals surface area contributed by atoms with Crippen molar-refractivity contribution in [3.05, 3.63) is 71.0 Å². The van der Waals surface area contributed by atoms with Crippen molar-refractivity contribution in [1.82, 2.24) is 9.97 Å². The number of hydrogen-bond acceptors (Lipinski definition) is 4. The normalized spacial score (nSPS) is 18.9. The number of nitrogens with zero attached hydrogens (tertiary/aromatic N) is 2. The molecule has 0 spiro atoms. The Kier molecular flexibility index (Phi) is 5.98. The predicted octanol–water partition coefficient (Wildman–Crippen LogP) is 7.60. The molecule has 4 nitrogen and oxygen atoms in total. The lowest BCUT2D eigenvalue weighted by molar-refractivity contribution is -0.140. The summed E-state index contributed by atoms with van der Waals surface area (Å²) in [5.41, 5.74) is 2.82. The fraction of sp³-hybridized carbons (Fsp3) is 0.308. The van der Waals surface area contributed by atoms with Crippen LogP contribution in [0.25, 0.3) is 21.8 Å². The highest BCUT2D eigenvalue weighted by molar-refractivity contribution is 6.31. The number of fused-ring (bicyclic) bond motifs is 2. The number of nitrogens with one attached hydrogen (secondary N) is 2. The van der Waals surface area contributed by atoms with Crippen molar-refractivity contribution in [2.45, 2.75) is 50.9 Å². The highest BCUT2D eigenvalue weighted by atomic mass is 35.5. The van der Waals surface area contributed by atoms with Crippen molar-refractivity contribution < 1.29 is 13.2 Å². The van der Waals surface area contributed by atoms with E-state index in [0.717, 1.165) is 59.3 Å². The Hall–Kier alpha value is -3.06. The second kappa shape index (κ2) is 8.95. The number of hydrogen-bond donors (Lipinski definition) is 2. The molecule has 0 atom stereocenters. The highest BCUT2D eigenvalue weighted by Gasteiger charge is 2.34. The standard InChI is InChI=1S/C26H24ClF3N4/c1-15-2-9-21-20(12-15)24(14-25(34-21)26(28,29)30)33-18-6-4-17(5-7-18)32-22-10-11-31-23-13-16(27)3-8-19(22)23/h2-3,8-14,17-18H,4-7H2,1H3,(H,31,32)(H,33,34)/t17-,18+. The first-order valence-corrected chi connectivity index (χ1v) is 11.7. The van der Waals surface area contributed by atoms with Gasteiger partial charge in [0.25, 0.3) is 0 Å². The quantitative estimate of drug-likeness (QED) is 0.313. The molecule has 1 aliphatic rings. The monoisotopic (exact) mass is 484 g/mol. The fourth-order valence-electron chi connectivity index (χ4n) is 4.67. The number of aromatic nitrogens is 2. The summed E-state index contributed by atoms with van der Waals surface area (Å²) in [5.74, 6) is 0.